The van der Waals surface area contributed by atoms with E-state index in [1.54, 1.807) is 0 Å². The smallest absolute Gasteiger partial charge is 0.147 e. The maximum Gasteiger partial charge on any atom is 0.147 e. The highest BCUT2D eigenvalue weighted by Crippen LogP contribution is 2.67. The number of fused-ring (bicyclic) bond motifs is 5. The number of rotatable bonds is 4. The molecule has 0 N–H and O–H groups in total. The summed E-state index contributed by atoms with van der Waals surface area (Å²) >= 11 is 3.40. The monoisotopic (exact) mass is 452 g/mol. The van der Waals surface area contributed by atoms with Crippen molar-refractivity contribution in [3.63, 3.8) is 0 Å². The van der Waals surface area contributed by atoms with Gasteiger partial charge in [0.05, 0.1) is 11.4 Å². The highest BCUT2D eigenvalue weighted by molar-refractivity contribution is 9.09. The lowest BCUT2D eigenvalue weighted by atomic mass is 9.44. The molecule has 0 saturated heterocycles. The highest BCUT2D eigenvalue weighted by atomic mass is 79.9. The Kier molecular flexibility index (Phi) is 5.62. The molecular formula is C24H37BrO3. The Morgan fingerprint density at radius 2 is 1.89 bits per heavy atom. The molecule has 9 atom stereocenters. The summed E-state index contributed by atoms with van der Waals surface area (Å²) in [6, 6.07) is 0. The zero-order valence-corrected chi connectivity index (χ0v) is 19.6. The molecule has 0 aliphatic heterocycles. The Bertz CT molecular complexity index is 648. The first-order valence-corrected chi connectivity index (χ1v) is 12.6. The molecule has 4 heteroatoms. The van der Waals surface area contributed by atoms with E-state index in [9.17, 15) is 9.59 Å². The zero-order chi connectivity index (χ0) is 20.3. The first-order valence-electron chi connectivity index (χ1n) is 11.5. The van der Waals surface area contributed by atoms with E-state index in [1.165, 1.54) is 19.3 Å². The Morgan fingerprint density at radius 3 is 2.57 bits per heavy atom. The number of carbonyl (C=O) groups is 2. The van der Waals surface area contributed by atoms with Crippen molar-refractivity contribution >= 4 is 27.5 Å². The van der Waals surface area contributed by atoms with Gasteiger partial charge in [-0.2, -0.15) is 0 Å². The van der Waals surface area contributed by atoms with Crippen molar-refractivity contribution in [1.82, 2.24) is 0 Å². The van der Waals surface area contributed by atoms with Crippen LogP contribution in [0.1, 0.15) is 72.6 Å². The number of alkyl halides is 1. The lowest BCUT2D eigenvalue weighted by molar-refractivity contribution is -0.165. The zero-order valence-electron chi connectivity index (χ0n) is 18.0. The molecule has 0 radical (unpaired) electrons. The SMILES string of the molecule is CCOC1CCC2CCC3C4CC(C)C(C(=O)CBr)C4(C)CC(=O)C3C2(C)C1. The number of ketones is 2. The molecule has 3 nitrogen and oxygen atoms in total. The summed E-state index contributed by atoms with van der Waals surface area (Å²) in [6.45, 7) is 9.75. The van der Waals surface area contributed by atoms with Crippen LogP contribution >= 0.6 is 15.9 Å². The summed E-state index contributed by atoms with van der Waals surface area (Å²) in [5.74, 6) is 3.00. The molecule has 0 aromatic carbocycles. The number of ether oxygens (including phenoxy) is 1. The molecular weight excluding hydrogens is 416 g/mol. The number of hydrogen-bond donors (Lipinski definition) is 0. The molecule has 0 aromatic rings. The summed E-state index contributed by atoms with van der Waals surface area (Å²) in [5.41, 5.74) is -0.0557. The summed E-state index contributed by atoms with van der Waals surface area (Å²) in [5, 5.41) is 0.419. The van der Waals surface area contributed by atoms with E-state index in [-0.39, 0.29) is 22.7 Å². The Labute approximate surface area is 178 Å². The molecule has 0 spiro atoms. The molecule has 4 saturated carbocycles. The molecule has 9 unspecified atom stereocenters. The first-order chi connectivity index (χ1) is 13.3. The minimum atomic E-state index is -0.139. The van der Waals surface area contributed by atoms with E-state index >= 15 is 0 Å². The van der Waals surface area contributed by atoms with E-state index in [4.69, 9.17) is 4.74 Å². The van der Waals surface area contributed by atoms with E-state index in [1.807, 2.05) is 0 Å². The average Bonchev–Trinajstić information content (AvgIpc) is 2.90. The fourth-order valence-electron chi connectivity index (χ4n) is 8.64. The van der Waals surface area contributed by atoms with Crippen molar-refractivity contribution in [1.29, 1.82) is 0 Å². The van der Waals surface area contributed by atoms with Gasteiger partial charge in [-0.1, -0.05) is 36.7 Å². The molecule has 28 heavy (non-hydrogen) atoms. The molecule has 0 bridgehead atoms. The van der Waals surface area contributed by atoms with E-state index < -0.39 is 0 Å². The van der Waals surface area contributed by atoms with Gasteiger partial charge < -0.3 is 4.74 Å². The average molecular weight is 453 g/mol. The Hall–Kier alpha value is -0.220. The van der Waals surface area contributed by atoms with Crippen LogP contribution in [-0.4, -0.2) is 29.6 Å². The van der Waals surface area contributed by atoms with Crippen molar-refractivity contribution < 1.29 is 14.3 Å². The normalized spacial score (nSPS) is 50.6. The maximum atomic E-state index is 13.7. The molecule has 4 rings (SSSR count). The molecule has 4 aliphatic rings. The van der Waals surface area contributed by atoms with Crippen molar-refractivity contribution in [2.45, 2.75) is 78.7 Å². The van der Waals surface area contributed by atoms with Crippen LogP contribution in [0.4, 0.5) is 0 Å². The minimum absolute atomic E-state index is 0.0369. The predicted molar refractivity (Wildman–Crippen MR) is 114 cm³/mol. The van der Waals surface area contributed by atoms with Crippen molar-refractivity contribution in [2.24, 2.45) is 46.3 Å². The summed E-state index contributed by atoms with van der Waals surface area (Å²) < 4.78 is 6.04. The second-order valence-corrected chi connectivity index (χ2v) is 11.4. The number of halogens is 1. The third-order valence-corrected chi connectivity index (χ3v) is 10.0. The van der Waals surface area contributed by atoms with Gasteiger partial charge in [-0.05, 0) is 80.0 Å². The molecule has 158 valence electrons. The second kappa shape index (κ2) is 7.48. The topological polar surface area (TPSA) is 43.4 Å². The van der Waals surface area contributed by atoms with Crippen LogP contribution in [0.15, 0.2) is 0 Å². The van der Waals surface area contributed by atoms with Gasteiger partial charge in [-0.3, -0.25) is 9.59 Å². The summed E-state index contributed by atoms with van der Waals surface area (Å²) in [7, 11) is 0. The van der Waals surface area contributed by atoms with Gasteiger partial charge >= 0.3 is 0 Å². The largest absolute Gasteiger partial charge is 0.378 e. The Morgan fingerprint density at radius 1 is 1.18 bits per heavy atom. The molecule has 0 aromatic heterocycles. The van der Waals surface area contributed by atoms with Gasteiger partial charge in [0.1, 0.15) is 11.6 Å². The van der Waals surface area contributed by atoms with Gasteiger partial charge in [0.25, 0.3) is 0 Å². The molecule has 4 fully saturated rings. The molecule has 4 aliphatic carbocycles. The Balaban J connectivity index is 1.67. The summed E-state index contributed by atoms with van der Waals surface area (Å²) in [4.78, 5) is 26.5. The third kappa shape index (κ3) is 2.99. The van der Waals surface area contributed by atoms with Crippen LogP contribution in [0.2, 0.25) is 0 Å². The first kappa shape index (κ1) is 21.0. The fraction of sp³-hybridized carbons (Fsp3) is 0.917. The second-order valence-electron chi connectivity index (χ2n) is 10.8. The van der Waals surface area contributed by atoms with Crippen LogP contribution in [0.5, 0.6) is 0 Å². The van der Waals surface area contributed by atoms with Gasteiger partial charge in [0.15, 0.2) is 0 Å². The highest BCUT2D eigenvalue weighted by Gasteiger charge is 2.65. The van der Waals surface area contributed by atoms with Crippen molar-refractivity contribution in [3.8, 4) is 0 Å². The van der Waals surface area contributed by atoms with Crippen LogP contribution < -0.4 is 0 Å². The van der Waals surface area contributed by atoms with E-state index in [0.717, 1.165) is 25.9 Å². The number of hydrogen-bond acceptors (Lipinski definition) is 3. The molecule has 0 amide bonds. The van der Waals surface area contributed by atoms with Gasteiger partial charge in [-0.15, -0.1) is 0 Å². The van der Waals surface area contributed by atoms with E-state index in [0.29, 0.717) is 53.1 Å². The van der Waals surface area contributed by atoms with Crippen molar-refractivity contribution in [3.05, 3.63) is 0 Å². The quantitative estimate of drug-likeness (QED) is 0.533. The minimum Gasteiger partial charge on any atom is -0.378 e. The lowest BCUT2D eigenvalue weighted by Gasteiger charge is -2.60. The van der Waals surface area contributed by atoms with Crippen LogP contribution in [0.3, 0.4) is 0 Å². The van der Waals surface area contributed by atoms with Crippen LogP contribution in [-0.2, 0) is 14.3 Å². The van der Waals surface area contributed by atoms with Crippen LogP contribution in [0.25, 0.3) is 0 Å². The van der Waals surface area contributed by atoms with Gasteiger partial charge in [0.2, 0.25) is 0 Å². The third-order valence-electron chi connectivity index (χ3n) is 9.48. The standard InChI is InChI=1S/C24H37BrO3/c1-5-28-16-8-6-15-7-9-17-18-10-14(2)21(20(27)13-25)24(18,4)12-19(26)22(17)23(15,3)11-16/h14-18,21-22H,5-13H2,1-4H3. The van der Waals surface area contributed by atoms with Crippen molar-refractivity contribution in [2.75, 3.05) is 11.9 Å². The van der Waals surface area contributed by atoms with Crippen LogP contribution in [0, 0.1) is 46.3 Å². The molecule has 0 heterocycles. The van der Waals surface area contributed by atoms with E-state index in [2.05, 4.69) is 43.6 Å². The number of Topliss-reactive ketones (excluding diaryl/α,β-unsaturated/α-hetero) is 2. The number of carbonyl (C=O) groups excluding carboxylic acids is 2. The van der Waals surface area contributed by atoms with Gasteiger partial charge in [0, 0.05) is 24.9 Å². The predicted octanol–water partition coefficient (Wildman–Crippen LogP) is 5.44. The fourth-order valence-corrected chi connectivity index (χ4v) is 8.99. The maximum absolute atomic E-state index is 13.7. The van der Waals surface area contributed by atoms with Gasteiger partial charge in [-0.25, -0.2) is 0 Å². The lowest BCUT2D eigenvalue weighted by Crippen LogP contribution is -2.58. The summed E-state index contributed by atoms with van der Waals surface area (Å²) in [6.07, 6.45) is 7.87.